The molecule has 1 N–H and O–H groups in total. The van der Waals surface area contributed by atoms with Crippen LogP contribution < -0.4 is 0 Å². The highest BCUT2D eigenvalue weighted by atomic mass is 16.3. The Hall–Kier alpha value is -2.09. The highest BCUT2D eigenvalue weighted by Gasteiger charge is 2.07. The van der Waals surface area contributed by atoms with Crippen LogP contribution in [-0.4, -0.2) is 10.1 Å². The molecule has 0 spiro atoms. The molecule has 16 heavy (non-hydrogen) atoms. The Kier molecular flexibility index (Phi) is 1.83. The highest BCUT2D eigenvalue weighted by molar-refractivity contribution is 6.08. The van der Waals surface area contributed by atoms with Crippen molar-refractivity contribution in [3.05, 3.63) is 48.2 Å². The van der Waals surface area contributed by atoms with Gasteiger partial charge in [0.05, 0.1) is 0 Å². The maximum absolute atomic E-state index is 9.79. The topological polar surface area (TPSA) is 33.1 Å². The van der Waals surface area contributed by atoms with Gasteiger partial charge in [-0.1, -0.05) is 36.4 Å². The summed E-state index contributed by atoms with van der Waals surface area (Å²) in [5.41, 5.74) is 1.63. The monoisotopic (exact) mass is 209 g/mol. The highest BCUT2D eigenvalue weighted by Crippen LogP contribution is 2.30. The van der Waals surface area contributed by atoms with Crippen LogP contribution in [0.15, 0.2) is 42.5 Å². The molecule has 0 aliphatic heterocycles. The predicted molar refractivity (Wildman–Crippen MR) is 65.7 cm³/mol. The lowest BCUT2D eigenvalue weighted by atomic mass is 10.0. The average Bonchev–Trinajstić information content (AvgIpc) is 2.31. The van der Waals surface area contributed by atoms with Gasteiger partial charge in [0.15, 0.2) is 0 Å². The summed E-state index contributed by atoms with van der Waals surface area (Å²) in [6, 6.07) is 13.6. The normalized spacial score (nSPS) is 11.1. The first-order valence-corrected chi connectivity index (χ1v) is 5.24. The van der Waals surface area contributed by atoms with Crippen molar-refractivity contribution in [2.24, 2.45) is 0 Å². The lowest BCUT2D eigenvalue weighted by Gasteiger charge is -2.07. The molecule has 0 bridgehead atoms. The minimum atomic E-state index is 0.242. The van der Waals surface area contributed by atoms with Crippen molar-refractivity contribution >= 4 is 21.7 Å². The molecule has 3 rings (SSSR count). The second-order valence-corrected chi connectivity index (χ2v) is 3.92. The summed E-state index contributed by atoms with van der Waals surface area (Å²) >= 11 is 0. The zero-order chi connectivity index (χ0) is 11.1. The first kappa shape index (κ1) is 9.16. The van der Waals surface area contributed by atoms with Gasteiger partial charge in [0.1, 0.15) is 11.3 Å². The lowest BCUT2D eigenvalue weighted by molar-refractivity contribution is 0.480. The largest absolute Gasteiger partial charge is 0.506 e. The predicted octanol–water partition coefficient (Wildman–Crippen LogP) is 3.40. The summed E-state index contributed by atoms with van der Waals surface area (Å²) in [6.07, 6.45) is 0. The number of phenolic OH excluding ortho intramolecular Hbond substituents is 1. The number of para-hydroxylation sites is 1. The van der Waals surface area contributed by atoms with Crippen LogP contribution in [0.1, 0.15) is 5.69 Å². The van der Waals surface area contributed by atoms with Crippen molar-refractivity contribution < 1.29 is 5.11 Å². The number of benzene rings is 2. The molecule has 1 aromatic heterocycles. The van der Waals surface area contributed by atoms with E-state index < -0.39 is 0 Å². The van der Waals surface area contributed by atoms with E-state index >= 15 is 0 Å². The number of hydrogen-bond donors (Lipinski definition) is 1. The van der Waals surface area contributed by atoms with Gasteiger partial charge in [-0.3, -0.25) is 0 Å². The molecule has 0 saturated heterocycles. The van der Waals surface area contributed by atoms with Gasteiger partial charge in [0.2, 0.25) is 0 Å². The molecule has 0 unspecified atom stereocenters. The molecule has 0 aliphatic carbocycles. The molecule has 2 nitrogen and oxygen atoms in total. The number of fused-ring (bicyclic) bond motifs is 3. The van der Waals surface area contributed by atoms with Gasteiger partial charge in [0, 0.05) is 16.5 Å². The van der Waals surface area contributed by atoms with Gasteiger partial charge in [-0.05, 0) is 18.4 Å². The van der Waals surface area contributed by atoms with Gasteiger partial charge in [-0.15, -0.1) is 0 Å². The fourth-order valence-electron chi connectivity index (χ4n) is 2.13. The zero-order valence-corrected chi connectivity index (χ0v) is 8.94. The van der Waals surface area contributed by atoms with Crippen molar-refractivity contribution in [3.63, 3.8) is 0 Å². The minimum absolute atomic E-state index is 0.242. The van der Waals surface area contributed by atoms with Crippen molar-refractivity contribution in [3.8, 4) is 5.75 Å². The third-order valence-corrected chi connectivity index (χ3v) is 2.90. The van der Waals surface area contributed by atoms with E-state index in [4.69, 9.17) is 0 Å². The van der Waals surface area contributed by atoms with Crippen molar-refractivity contribution in [1.29, 1.82) is 0 Å². The van der Waals surface area contributed by atoms with Crippen LogP contribution >= 0.6 is 0 Å². The van der Waals surface area contributed by atoms with Crippen LogP contribution in [0.2, 0.25) is 0 Å². The summed E-state index contributed by atoms with van der Waals surface area (Å²) in [7, 11) is 0. The fourth-order valence-corrected chi connectivity index (χ4v) is 2.13. The Morgan fingerprint density at radius 3 is 2.38 bits per heavy atom. The average molecular weight is 209 g/mol. The SMILES string of the molecule is Cc1nc2c(O)cccc2c2ccccc12. The van der Waals surface area contributed by atoms with E-state index in [0.717, 1.165) is 21.9 Å². The fraction of sp³-hybridized carbons (Fsp3) is 0.0714. The Morgan fingerprint density at radius 2 is 1.56 bits per heavy atom. The molecular formula is C14H11NO. The molecule has 3 aromatic rings. The Bertz CT molecular complexity index is 683. The molecule has 0 amide bonds. The van der Waals surface area contributed by atoms with Crippen LogP contribution in [0.3, 0.4) is 0 Å². The number of rotatable bonds is 0. The van der Waals surface area contributed by atoms with E-state index in [1.165, 1.54) is 0 Å². The van der Waals surface area contributed by atoms with E-state index in [-0.39, 0.29) is 5.75 Å². The standard InChI is InChI=1S/C14H11NO/c1-9-10-5-2-3-6-11(10)12-7-4-8-13(16)14(12)15-9/h2-8,16H,1H3. The second-order valence-electron chi connectivity index (χ2n) is 3.92. The first-order chi connectivity index (χ1) is 7.77. The van der Waals surface area contributed by atoms with Gasteiger partial charge >= 0.3 is 0 Å². The number of aromatic hydroxyl groups is 1. The van der Waals surface area contributed by atoms with E-state index in [2.05, 4.69) is 17.1 Å². The van der Waals surface area contributed by atoms with Crippen LogP contribution in [0.4, 0.5) is 0 Å². The van der Waals surface area contributed by atoms with Gasteiger partial charge in [0.25, 0.3) is 0 Å². The number of aromatic nitrogens is 1. The zero-order valence-electron chi connectivity index (χ0n) is 8.94. The number of hydrogen-bond acceptors (Lipinski definition) is 2. The minimum Gasteiger partial charge on any atom is -0.506 e. The molecule has 2 aromatic carbocycles. The number of aryl methyl sites for hydroxylation is 1. The van der Waals surface area contributed by atoms with Crippen molar-refractivity contribution in [2.45, 2.75) is 6.92 Å². The van der Waals surface area contributed by atoms with E-state index in [9.17, 15) is 5.11 Å². The summed E-state index contributed by atoms with van der Waals surface area (Å²) in [4.78, 5) is 4.45. The molecule has 0 saturated carbocycles. The third-order valence-electron chi connectivity index (χ3n) is 2.90. The molecule has 0 radical (unpaired) electrons. The van der Waals surface area contributed by atoms with Crippen LogP contribution in [0, 0.1) is 6.92 Å². The summed E-state index contributed by atoms with van der Waals surface area (Å²) in [5, 5.41) is 13.1. The smallest absolute Gasteiger partial charge is 0.141 e. The number of phenols is 1. The van der Waals surface area contributed by atoms with Crippen LogP contribution in [0.5, 0.6) is 5.75 Å². The number of nitrogens with zero attached hydrogens (tertiary/aromatic N) is 1. The lowest BCUT2D eigenvalue weighted by Crippen LogP contribution is -1.87. The molecule has 0 aliphatic rings. The molecule has 2 heteroatoms. The van der Waals surface area contributed by atoms with Crippen LogP contribution in [0.25, 0.3) is 21.7 Å². The quantitative estimate of drug-likeness (QED) is 0.575. The third kappa shape index (κ3) is 1.16. The second kappa shape index (κ2) is 3.20. The van der Waals surface area contributed by atoms with Crippen molar-refractivity contribution in [2.75, 3.05) is 0 Å². The molecule has 0 atom stereocenters. The van der Waals surface area contributed by atoms with E-state index in [1.54, 1.807) is 6.07 Å². The molecular weight excluding hydrogens is 198 g/mol. The van der Waals surface area contributed by atoms with E-state index in [1.807, 2.05) is 31.2 Å². The summed E-state index contributed by atoms with van der Waals surface area (Å²) in [5.74, 6) is 0.242. The van der Waals surface area contributed by atoms with Gasteiger partial charge < -0.3 is 5.11 Å². The molecule has 1 heterocycles. The first-order valence-electron chi connectivity index (χ1n) is 5.24. The van der Waals surface area contributed by atoms with Gasteiger partial charge in [-0.2, -0.15) is 0 Å². The van der Waals surface area contributed by atoms with Crippen LogP contribution in [-0.2, 0) is 0 Å². The maximum Gasteiger partial charge on any atom is 0.141 e. The maximum atomic E-state index is 9.79. The van der Waals surface area contributed by atoms with E-state index in [0.29, 0.717) is 5.52 Å². The Labute approximate surface area is 93.2 Å². The Balaban J connectivity index is 2.64. The summed E-state index contributed by atoms with van der Waals surface area (Å²) in [6.45, 7) is 1.97. The van der Waals surface area contributed by atoms with Gasteiger partial charge in [-0.25, -0.2) is 4.98 Å². The Morgan fingerprint density at radius 1 is 0.875 bits per heavy atom. The molecule has 78 valence electrons. The number of pyridine rings is 1. The van der Waals surface area contributed by atoms with Crippen molar-refractivity contribution in [1.82, 2.24) is 4.98 Å². The molecule has 0 fully saturated rings. The summed E-state index contributed by atoms with van der Waals surface area (Å²) < 4.78 is 0.